The number of hydrogen-bond donors (Lipinski definition) is 1. The van der Waals surface area contributed by atoms with Crippen molar-refractivity contribution in [3.8, 4) is 5.75 Å². The lowest BCUT2D eigenvalue weighted by molar-refractivity contribution is -0.125. The highest BCUT2D eigenvalue weighted by molar-refractivity contribution is 6.01. The Bertz CT molecular complexity index is 1220. The largest absolute Gasteiger partial charge is 0.497 e. The summed E-state index contributed by atoms with van der Waals surface area (Å²) >= 11 is 0. The zero-order valence-electron chi connectivity index (χ0n) is 21.5. The van der Waals surface area contributed by atoms with Gasteiger partial charge in [0.25, 0.3) is 0 Å². The van der Waals surface area contributed by atoms with Crippen LogP contribution in [0.15, 0.2) is 78.9 Å². The normalized spacial score (nSPS) is 20.5. The molecule has 2 atom stereocenters. The van der Waals surface area contributed by atoms with E-state index >= 15 is 0 Å². The molecule has 2 amide bonds. The molecule has 1 N–H and O–H groups in total. The van der Waals surface area contributed by atoms with Crippen LogP contribution in [0.2, 0.25) is 0 Å². The van der Waals surface area contributed by atoms with Crippen molar-refractivity contribution in [2.24, 2.45) is 5.92 Å². The summed E-state index contributed by atoms with van der Waals surface area (Å²) in [5.74, 6) is 0.268. The highest BCUT2D eigenvalue weighted by Crippen LogP contribution is 2.41. The van der Waals surface area contributed by atoms with Gasteiger partial charge in [0.1, 0.15) is 5.75 Å². The van der Waals surface area contributed by atoms with Gasteiger partial charge < -0.3 is 24.8 Å². The van der Waals surface area contributed by atoms with Crippen molar-refractivity contribution in [1.29, 1.82) is 0 Å². The van der Waals surface area contributed by atoms with Crippen LogP contribution in [-0.4, -0.2) is 57.1 Å². The monoisotopic (exact) mass is 498 g/mol. The first kappa shape index (κ1) is 24.8. The lowest BCUT2D eigenvalue weighted by Gasteiger charge is -2.41. The summed E-state index contributed by atoms with van der Waals surface area (Å²) in [4.78, 5) is 33.7. The number of benzene rings is 3. The molecule has 2 aliphatic heterocycles. The molecule has 0 aromatic heterocycles. The third-order valence-electron chi connectivity index (χ3n) is 7.43. The number of anilines is 3. The molecule has 7 heteroatoms. The number of nitrogens with zero attached hydrogens (tertiary/aromatic N) is 3. The molecule has 2 aliphatic rings. The van der Waals surface area contributed by atoms with Crippen LogP contribution in [0.5, 0.6) is 5.75 Å². The van der Waals surface area contributed by atoms with Gasteiger partial charge in [0.2, 0.25) is 11.8 Å². The quantitative estimate of drug-likeness (QED) is 0.539. The number of carbonyl (C=O) groups is 2. The highest BCUT2D eigenvalue weighted by Gasteiger charge is 2.41. The van der Waals surface area contributed by atoms with Crippen molar-refractivity contribution < 1.29 is 14.3 Å². The molecule has 2 fully saturated rings. The Labute approximate surface area is 218 Å². The summed E-state index contributed by atoms with van der Waals surface area (Å²) in [6, 6.07) is 24.9. The Kier molecular flexibility index (Phi) is 7.42. The van der Waals surface area contributed by atoms with Crippen molar-refractivity contribution in [3.05, 3.63) is 84.4 Å². The van der Waals surface area contributed by atoms with Crippen molar-refractivity contribution in [1.82, 2.24) is 4.90 Å². The van der Waals surface area contributed by atoms with Crippen LogP contribution in [0.3, 0.4) is 0 Å². The average Bonchev–Trinajstić information content (AvgIpc) is 2.94. The van der Waals surface area contributed by atoms with E-state index in [0.29, 0.717) is 12.8 Å². The first-order valence-corrected chi connectivity index (χ1v) is 12.9. The Morgan fingerprint density at radius 3 is 2.27 bits per heavy atom. The van der Waals surface area contributed by atoms with Gasteiger partial charge in [-0.3, -0.25) is 9.59 Å². The maximum atomic E-state index is 13.9. The molecule has 0 bridgehead atoms. The summed E-state index contributed by atoms with van der Waals surface area (Å²) < 4.78 is 5.31. The maximum absolute atomic E-state index is 13.9. The zero-order chi connectivity index (χ0) is 25.8. The highest BCUT2D eigenvalue weighted by atomic mass is 16.5. The molecule has 3 aromatic rings. The van der Waals surface area contributed by atoms with Gasteiger partial charge in [-0.15, -0.1) is 0 Å². The second-order valence-corrected chi connectivity index (χ2v) is 9.76. The number of piperidine rings is 1. The van der Waals surface area contributed by atoms with Crippen LogP contribution in [0.25, 0.3) is 0 Å². The number of likely N-dealkylation sites (N-methyl/N-ethyl adjacent to an activating group) is 1. The number of ether oxygens (including phenoxy) is 1. The van der Waals surface area contributed by atoms with Crippen LogP contribution >= 0.6 is 0 Å². The second-order valence-electron chi connectivity index (χ2n) is 9.76. The fourth-order valence-corrected chi connectivity index (χ4v) is 5.37. The minimum Gasteiger partial charge on any atom is -0.497 e. The summed E-state index contributed by atoms with van der Waals surface area (Å²) in [6.07, 6.45) is 0.807. The number of nitrogens with one attached hydrogen (secondary N) is 1. The third-order valence-corrected chi connectivity index (χ3v) is 7.43. The molecule has 3 aromatic carbocycles. The van der Waals surface area contributed by atoms with E-state index in [1.54, 1.807) is 12.0 Å². The van der Waals surface area contributed by atoms with E-state index in [1.165, 1.54) is 0 Å². The van der Waals surface area contributed by atoms with Gasteiger partial charge in [-0.05, 0) is 55.4 Å². The standard InChI is InChI=1S/C30H34N4O3/c1-32-18-20-33(21-19-32)27-11-7-6-10-26(27)31-30(36)25-16-17-28(35)34(23-12-14-24(37-2)15-13-23)29(25)22-8-4-3-5-9-22/h3-15,25,29H,16-21H2,1-2H3,(H,31,36)/t25-,29-/m1/s1. The molecule has 192 valence electrons. The van der Waals surface area contributed by atoms with Gasteiger partial charge in [0.05, 0.1) is 30.4 Å². The van der Waals surface area contributed by atoms with Crippen LogP contribution in [0.4, 0.5) is 17.1 Å². The Hall–Kier alpha value is -3.84. The van der Waals surface area contributed by atoms with Crippen LogP contribution in [0, 0.1) is 5.92 Å². The van der Waals surface area contributed by atoms with Gasteiger partial charge in [-0.2, -0.15) is 0 Å². The summed E-state index contributed by atoms with van der Waals surface area (Å²) in [5.41, 5.74) is 3.56. The van der Waals surface area contributed by atoms with Crippen molar-refractivity contribution in [2.45, 2.75) is 18.9 Å². The second kappa shape index (κ2) is 11.0. The minimum absolute atomic E-state index is 0.0147. The Morgan fingerprint density at radius 1 is 0.892 bits per heavy atom. The number of methoxy groups -OCH3 is 1. The van der Waals surface area contributed by atoms with Crippen LogP contribution < -0.4 is 19.9 Å². The predicted molar refractivity (Wildman–Crippen MR) is 147 cm³/mol. The lowest BCUT2D eigenvalue weighted by Crippen LogP contribution is -2.47. The predicted octanol–water partition coefficient (Wildman–Crippen LogP) is 4.57. The molecule has 0 spiro atoms. The molecule has 5 rings (SSSR count). The van der Waals surface area contributed by atoms with Crippen molar-refractivity contribution in [2.75, 3.05) is 55.5 Å². The fourth-order valence-electron chi connectivity index (χ4n) is 5.37. The third kappa shape index (κ3) is 5.32. The molecule has 0 aliphatic carbocycles. The van der Waals surface area contributed by atoms with E-state index in [4.69, 9.17) is 4.74 Å². The van der Waals surface area contributed by atoms with E-state index in [1.807, 2.05) is 72.8 Å². The van der Waals surface area contributed by atoms with Crippen molar-refractivity contribution >= 4 is 28.9 Å². The zero-order valence-corrected chi connectivity index (χ0v) is 21.5. The molecule has 0 saturated carbocycles. The van der Waals surface area contributed by atoms with E-state index in [2.05, 4.69) is 28.2 Å². The number of para-hydroxylation sites is 2. The number of hydrogen-bond acceptors (Lipinski definition) is 5. The molecule has 2 heterocycles. The van der Waals surface area contributed by atoms with E-state index in [-0.39, 0.29) is 11.8 Å². The Balaban J connectivity index is 1.46. The fraction of sp³-hybridized carbons (Fsp3) is 0.333. The smallest absolute Gasteiger partial charge is 0.230 e. The SMILES string of the molecule is COc1ccc(N2C(=O)CC[C@@H](C(=O)Nc3ccccc3N3CCN(C)CC3)[C@H]2c2ccccc2)cc1. The number of carbonyl (C=O) groups excluding carboxylic acids is 2. The van der Waals surface area contributed by atoms with Gasteiger partial charge in [0, 0.05) is 38.3 Å². The number of piperazine rings is 1. The topological polar surface area (TPSA) is 65.1 Å². The summed E-state index contributed by atoms with van der Waals surface area (Å²) in [7, 11) is 3.75. The molecule has 2 saturated heterocycles. The van der Waals surface area contributed by atoms with E-state index in [9.17, 15) is 9.59 Å². The van der Waals surface area contributed by atoms with Crippen LogP contribution in [-0.2, 0) is 9.59 Å². The van der Waals surface area contributed by atoms with Gasteiger partial charge >= 0.3 is 0 Å². The van der Waals surface area contributed by atoms with E-state index < -0.39 is 12.0 Å². The molecular formula is C30H34N4O3. The van der Waals surface area contributed by atoms with Gasteiger partial charge in [-0.1, -0.05) is 42.5 Å². The van der Waals surface area contributed by atoms with Crippen LogP contribution in [0.1, 0.15) is 24.4 Å². The lowest BCUT2D eigenvalue weighted by atomic mass is 9.83. The molecule has 37 heavy (non-hydrogen) atoms. The number of rotatable bonds is 6. The minimum atomic E-state index is -0.411. The van der Waals surface area contributed by atoms with Gasteiger partial charge in [-0.25, -0.2) is 0 Å². The Morgan fingerprint density at radius 2 is 1.57 bits per heavy atom. The van der Waals surface area contributed by atoms with Gasteiger partial charge in [0.15, 0.2) is 0 Å². The van der Waals surface area contributed by atoms with Crippen molar-refractivity contribution in [3.63, 3.8) is 0 Å². The first-order valence-electron chi connectivity index (χ1n) is 12.9. The summed E-state index contributed by atoms with van der Waals surface area (Å²) in [5, 5.41) is 3.24. The molecular weight excluding hydrogens is 464 g/mol. The first-order chi connectivity index (χ1) is 18.0. The number of amides is 2. The molecule has 7 nitrogen and oxygen atoms in total. The van der Waals surface area contributed by atoms with E-state index in [0.717, 1.165) is 54.6 Å². The molecule has 0 unspecified atom stereocenters. The average molecular weight is 499 g/mol. The summed E-state index contributed by atoms with van der Waals surface area (Å²) in [6.45, 7) is 3.80. The molecule has 0 radical (unpaired) electrons. The maximum Gasteiger partial charge on any atom is 0.230 e.